The van der Waals surface area contributed by atoms with Crippen molar-refractivity contribution in [2.75, 3.05) is 0 Å². The molecule has 0 amide bonds. The molecule has 5 heteroatoms. The summed E-state index contributed by atoms with van der Waals surface area (Å²) in [7, 11) is -1.60. The summed E-state index contributed by atoms with van der Waals surface area (Å²) in [4.78, 5) is 4.65. The summed E-state index contributed by atoms with van der Waals surface area (Å²) in [5, 5.41) is 3.80. The largest absolute Gasteiger partial charge is 0.437 e. The van der Waals surface area contributed by atoms with Crippen molar-refractivity contribution in [2.45, 2.75) is 96.3 Å². The molecule has 3 aliphatic rings. The fourth-order valence-corrected chi connectivity index (χ4v) is 11.4. The average molecular weight is 676 g/mol. The van der Waals surface area contributed by atoms with Gasteiger partial charge in [-0.1, -0.05) is 82.6 Å². The van der Waals surface area contributed by atoms with Gasteiger partial charge in [0.25, 0.3) is 0 Å². The van der Waals surface area contributed by atoms with Gasteiger partial charge >= 0.3 is 0 Å². The van der Waals surface area contributed by atoms with Gasteiger partial charge in [-0.2, -0.15) is 9.13 Å². The van der Waals surface area contributed by atoms with E-state index < -0.39 is 8.07 Å². The Labute approximate surface area is 297 Å². The number of pyridine rings is 3. The molecule has 2 unspecified atom stereocenters. The summed E-state index contributed by atoms with van der Waals surface area (Å²) >= 11 is 0. The van der Waals surface area contributed by atoms with E-state index in [0.29, 0.717) is 11.6 Å². The Kier molecular flexibility index (Phi) is 7.69. The van der Waals surface area contributed by atoms with Crippen molar-refractivity contribution in [3.05, 3.63) is 114 Å². The third-order valence-corrected chi connectivity index (χ3v) is 14.2. The number of hydrogen-bond acceptors (Lipinski definition) is 2. The van der Waals surface area contributed by atoms with Crippen LogP contribution in [-0.4, -0.2) is 13.1 Å². The Bertz CT molecular complexity index is 2300. The minimum absolute atomic E-state index is 0.271. The third-order valence-electron chi connectivity index (χ3n) is 12.1. The average Bonchev–Trinajstić information content (AvgIpc) is 3.77. The first-order valence-electron chi connectivity index (χ1n) is 19.0. The van der Waals surface area contributed by atoms with Crippen molar-refractivity contribution in [3.63, 3.8) is 0 Å². The van der Waals surface area contributed by atoms with E-state index in [2.05, 4.69) is 114 Å². The lowest BCUT2D eigenvalue weighted by atomic mass is 9.77. The maximum Gasteiger partial charge on any atom is 0.227 e. The van der Waals surface area contributed by atoms with Crippen molar-refractivity contribution in [1.29, 1.82) is 0 Å². The van der Waals surface area contributed by atoms with Gasteiger partial charge in [-0.15, -0.1) is 0 Å². The van der Waals surface area contributed by atoms with Crippen LogP contribution in [0.3, 0.4) is 0 Å². The highest BCUT2D eigenvalue weighted by Crippen LogP contribution is 2.46. The van der Waals surface area contributed by atoms with E-state index in [0.717, 1.165) is 60.1 Å². The predicted octanol–water partition coefficient (Wildman–Crippen LogP) is 9.88. The molecule has 0 bridgehead atoms. The molecule has 252 valence electrons. The van der Waals surface area contributed by atoms with Gasteiger partial charge in [0.2, 0.25) is 17.1 Å². The number of aryl methyl sites for hydroxylation is 2. The Hall–Kier alpha value is -4.35. The lowest BCUT2D eigenvalue weighted by molar-refractivity contribution is -0.719. The molecule has 1 saturated carbocycles. The zero-order valence-corrected chi connectivity index (χ0v) is 31.1. The predicted molar refractivity (Wildman–Crippen MR) is 207 cm³/mol. The van der Waals surface area contributed by atoms with Crippen molar-refractivity contribution in [3.8, 4) is 22.5 Å². The number of allylic oxidation sites excluding steroid dienone is 1. The van der Waals surface area contributed by atoms with Gasteiger partial charge in [0, 0.05) is 51.8 Å². The highest BCUT2D eigenvalue weighted by molar-refractivity contribution is 6.89. The van der Waals surface area contributed by atoms with Gasteiger partial charge in [0.05, 0.1) is 20.1 Å². The quantitative estimate of drug-likeness (QED) is 0.138. The number of benzene rings is 2. The summed E-state index contributed by atoms with van der Waals surface area (Å²) in [6, 6.07) is 25.7. The van der Waals surface area contributed by atoms with Crippen LogP contribution < -0.4 is 14.3 Å². The van der Waals surface area contributed by atoms with Gasteiger partial charge in [-0.25, -0.2) is 4.98 Å². The van der Waals surface area contributed by atoms with Crippen LogP contribution in [0.2, 0.25) is 19.6 Å². The van der Waals surface area contributed by atoms with Gasteiger partial charge in [-0.05, 0) is 78.6 Å². The fraction of sp³-hybridized carbons (Fsp3) is 0.356. The molecule has 9 rings (SSSR count). The highest BCUT2D eigenvalue weighted by atomic mass is 28.3. The smallest absolute Gasteiger partial charge is 0.227 e. The lowest BCUT2D eigenvalue weighted by Crippen LogP contribution is -2.54. The number of fused-ring (bicyclic) bond motifs is 13. The van der Waals surface area contributed by atoms with E-state index in [1.807, 2.05) is 12.3 Å². The van der Waals surface area contributed by atoms with E-state index >= 15 is 0 Å². The second-order valence-corrected chi connectivity index (χ2v) is 21.3. The van der Waals surface area contributed by atoms with Crippen LogP contribution in [0.1, 0.15) is 79.7 Å². The summed E-state index contributed by atoms with van der Waals surface area (Å²) < 4.78 is 11.8. The molecule has 0 N–H and O–H groups in total. The maximum atomic E-state index is 6.71. The molecular weight excluding hydrogens is 627 g/mol. The number of hydrogen-bond donors (Lipinski definition) is 0. The second kappa shape index (κ2) is 12.2. The zero-order valence-electron chi connectivity index (χ0n) is 30.1. The van der Waals surface area contributed by atoms with Crippen LogP contribution in [0.4, 0.5) is 0 Å². The maximum absolute atomic E-state index is 6.71. The molecule has 4 aromatic heterocycles. The van der Waals surface area contributed by atoms with Gasteiger partial charge < -0.3 is 4.42 Å². The molecule has 1 fully saturated rings. The van der Waals surface area contributed by atoms with Crippen LogP contribution in [0, 0.1) is 5.92 Å². The van der Waals surface area contributed by atoms with Crippen molar-refractivity contribution >= 4 is 41.0 Å². The first-order valence-corrected chi connectivity index (χ1v) is 22.5. The SMILES string of the molecule is C=C1CC2C(CCc3ccc4c(oc5ncccc54)c3-c3cc(CC4CCCC4)cc[n+]31)c1ccccc1-c1cc(CC)c([Si](C)(C)C)c[n+]12. The van der Waals surface area contributed by atoms with Crippen molar-refractivity contribution in [1.82, 2.24) is 4.98 Å². The topological polar surface area (TPSA) is 33.8 Å². The number of aromatic nitrogens is 3. The molecule has 0 spiro atoms. The van der Waals surface area contributed by atoms with Gasteiger partial charge in [0.15, 0.2) is 29.7 Å². The molecule has 6 aromatic rings. The molecule has 2 aromatic carbocycles. The molecule has 2 atom stereocenters. The second-order valence-electron chi connectivity index (χ2n) is 16.3. The van der Waals surface area contributed by atoms with Gasteiger partial charge in [0.1, 0.15) is 0 Å². The molecular formula is C45H49N3OSi+2. The van der Waals surface area contributed by atoms with Crippen LogP contribution in [0.25, 0.3) is 50.3 Å². The summed E-state index contributed by atoms with van der Waals surface area (Å²) in [6.45, 7) is 14.7. The molecule has 0 radical (unpaired) electrons. The van der Waals surface area contributed by atoms with Gasteiger partial charge in [-0.3, -0.25) is 0 Å². The van der Waals surface area contributed by atoms with Crippen LogP contribution in [0.15, 0.2) is 96.3 Å². The van der Waals surface area contributed by atoms with E-state index in [4.69, 9.17) is 11.0 Å². The number of rotatable bonds is 4. The minimum Gasteiger partial charge on any atom is -0.437 e. The van der Waals surface area contributed by atoms with E-state index in [-0.39, 0.29) is 6.04 Å². The summed E-state index contributed by atoms with van der Waals surface area (Å²) in [5.41, 5.74) is 13.7. The molecule has 2 aliphatic heterocycles. The molecule has 6 heterocycles. The Morgan fingerprint density at radius 3 is 2.58 bits per heavy atom. The first-order chi connectivity index (χ1) is 24.3. The molecule has 1 aliphatic carbocycles. The fourth-order valence-electron chi connectivity index (χ4n) is 9.65. The van der Waals surface area contributed by atoms with E-state index in [9.17, 15) is 0 Å². The molecule has 4 nitrogen and oxygen atoms in total. The normalized spacial score (nSPS) is 19.2. The molecule has 50 heavy (non-hydrogen) atoms. The van der Waals surface area contributed by atoms with E-state index in [1.54, 1.807) is 5.19 Å². The standard InChI is InChI=1S/C45H49N3OSi/c1-6-32-27-40-35-15-10-9-14-34(35)36-19-17-33-18-20-37-38-16-11-22-46-45(38)49-44(37)43(33)41-26-31(25-30-12-7-8-13-30)21-23-47(41)29(2)24-39(36)48(40)28-42(32)50(3,4)5/h9-11,14-16,18,20-23,26-28,30,36,39H,2,6-8,12-13,17,19,24-25H2,1,3-5H3/q+2. The third kappa shape index (κ3) is 5.19. The van der Waals surface area contributed by atoms with Crippen LogP contribution in [0.5, 0.6) is 0 Å². The van der Waals surface area contributed by atoms with Crippen molar-refractivity contribution < 1.29 is 13.6 Å². The van der Waals surface area contributed by atoms with E-state index in [1.165, 1.54) is 70.5 Å². The first kappa shape index (κ1) is 31.6. The minimum atomic E-state index is -1.60. The Morgan fingerprint density at radius 2 is 1.76 bits per heavy atom. The van der Waals surface area contributed by atoms with Crippen molar-refractivity contribution in [2.24, 2.45) is 5.92 Å². The number of nitrogens with zero attached hydrogens (tertiary/aromatic N) is 3. The molecule has 0 saturated heterocycles. The monoisotopic (exact) mass is 675 g/mol. The van der Waals surface area contributed by atoms with Crippen LogP contribution >= 0.6 is 0 Å². The summed E-state index contributed by atoms with van der Waals surface area (Å²) in [5.74, 6) is 1.13. The number of furan rings is 1. The lowest BCUT2D eigenvalue weighted by Gasteiger charge is -2.33. The Balaban J connectivity index is 1.26. The summed E-state index contributed by atoms with van der Waals surface area (Å²) in [6.07, 6.45) is 17.2. The highest BCUT2D eigenvalue weighted by Gasteiger charge is 2.44. The zero-order chi connectivity index (χ0) is 34.1. The Morgan fingerprint density at radius 1 is 0.920 bits per heavy atom. The van der Waals surface area contributed by atoms with Crippen LogP contribution in [-0.2, 0) is 19.3 Å².